The number of rotatable bonds is 10. The Balaban J connectivity index is 1.68. The molecule has 0 bridgehead atoms. The Bertz CT molecular complexity index is 886. The average molecular weight is 402 g/mol. The van der Waals surface area contributed by atoms with Crippen molar-refractivity contribution < 1.29 is 9.47 Å². The molecule has 0 fully saturated rings. The number of nitrogens with zero attached hydrogens (tertiary/aromatic N) is 4. The second-order valence-electron chi connectivity index (χ2n) is 6.32. The van der Waals surface area contributed by atoms with E-state index < -0.39 is 0 Å². The van der Waals surface area contributed by atoms with Crippen molar-refractivity contribution in [3.05, 3.63) is 58.6 Å². The highest BCUT2D eigenvalue weighted by atomic mass is 35.5. The van der Waals surface area contributed by atoms with Crippen LogP contribution in [0.2, 0.25) is 5.02 Å². The standard InChI is InChI=1S/C20H24ClN5O2/c1-3-4-10-26-20(23-24-25-26)22-13-16-11-17(21)19(18(12-16)27-2)28-14-15-8-6-5-7-9-15/h5-9,11-12H,3-4,10,13-14H2,1-2H3,(H,22,23,25). The zero-order valence-electron chi connectivity index (χ0n) is 16.1. The Labute approximate surface area is 169 Å². The maximum atomic E-state index is 6.46. The fraction of sp³-hybridized carbons (Fsp3) is 0.350. The summed E-state index contributed by atoms with van der Waals surface area (Å²) in [5.74, 6) is 1.75. The number of nitrogens with one attached hydrogen (secondary N) is 1. The van der Waals surface area contributed by atoms with Gasteiger partial charge in [-0.15, -0.1) is 0 Å². The first-order chi connectivity index (χ1) is 13.7. The van der Waals surface area contributed by atoms with Crippen LogP contribution >= 0.6 is 11.6 Å². The van der Waals surface area contributed by atoms with Crippen LogP contribution in [0.1, 0.15) is 30.9 Å². The van der Waals surface area contributed by atoms with E-state index in [1.165, 1.54) is 0 Å². The molecule has 2 aromatic carbocycles. The lowest BCUT2D eigenvalue weighted by molar-refractivity contribution is 0.284. The van der Waals surface area contributed by atoms with Crippen LogP contribution in [-0.4, -0.2) is 27.3 Å². The lowest BCUT2D eigenvalue weighted by Crippen LogP contribution is -2.09. The van der Waals surface area contributed by atoms with Gasteiger partial charge < -0.3 is 14.8 Å². The summed E-state index contributed by atoms with van der Waals surface area (Å²) in [4.78, 5) is 0. The number of halogens is 1. The maximum absolute atomic E-state index is 6.46. The van der Waals surface area contributed by atoms with Gasteiger partial charge >= 0.3 is 0 Å². The number of benzene rings is 2. The quantitative estimate of drug-likeness (QED) is 0.545. The zero-order valence-corrected chi connectivity index (χ0v) is 16.8. The van der Waals surface area contributed by atoms with Gasteiger partial charge in [-0.05, 0) is 40.1 Å². The van der Waals surface area contributed by atoms with Crippen molar-refractivity contribution in [2.24, 2.45) is 0 Å². The first-order valence-corrected chi connectivity index (χ1v) is 9.62. The van der Waals surface area contributed by atoms with Crippen LogP contribution in [0, 0.1) is 0 Å². The number of unbranched alkanes of at least 4 members (excludes halogenated alkanes) is 1. The molecule has 28 heavy (non-hydrogen) atoms. The van der Waals surface area contributed by atoms with Gasteiger partial charge in [0.1, 0.15) is 6.61 Å². The molecule has 0 spiro atoms. The molecule has 0 amide bonds. The molecule has 0 saturated carbocycles. The first-order valence-electron chi connectivity index (χ1n) is 9.24. The van der Waals surface area contributed by atoms with Crippen molar-refractivity contribution in [2.45, 2.75) is 39.5 Å². The second-order valence-corrected chi connectivity index (χ2v) is 6.72. The number of aromatic nitrogens is 4. The van der Waals surface area contributed by atoms with Crippen LogP contribution in [0.15, 0.2) is 42.5 Å². The smallest absolute Gasteiger partial charge is 0.243 e. The molecular weight excluding hydrogens is 378 g/mol. The lowest BCUT2D eigenvalue weighted by Gasteiger charge is -2.15. The summed E-state index contributed by atoms with van der Waals surface area (Å²) in [6, 6.07) is 13.7. The molecule has 0 unspecified atom stereocenters. The van der Waals surface area contributed by atoms with E-state index in [1.807, 2.05) is 42.5 Å². The molecule has 1 aromatic heterocycles. The molecule has 7 nitrogen and oxygen atoms in total. The third kappa shape index (κ3) is 5.13. The summed E-state index contributed by atoms with van der Waals surface area (Å²) in [6.07, 6.45) is 2.10. The minimum absolute atomic E-state index is 0.417. The SMILES string of the molecule is CCCCn1nnnc1NCc1cc(Cl)c(OCc2ccccc2)c(OC)c1. The number of tetrazole rings is 1. The van der Waals surface area contributed by atoms with E-state index in [0.717, 1.165) is 30.5 Å². The highest BCUT2D eigenvalue weighted by molar-refractivity contribution is 6.32. The molecule has 0 saturated heterocycles. The van der Waals surface area contributed by atoms with Crippen LogP contribution in [-0.2, 0) is 19.7 Å². The molecule has 1 heterocycles. The highest BCUT2D eigenvalue weighted by Crippen LogP contribution is 2.37. The number of hydrogen-bond donors (Lipinski definition) is 1. The Kier molecular flexibility index (Phi) is 7.08. The number of anilines is 1. The summed E-state index contributed by atoms with van der Waals surface area (Å²) in [5, 5.41) is 15.5. The number of hydrogen-bond acceptors (Lipinski definition) is 6. The summed E-state index contributed by atoms with van der Waals surface area (Å²) in [5.41, 5.74) is 2.00. The van der Waals surface area contributed by atoms with Gasteiger partial charge in [0, 0.05) is 13.1 Å². The number of methoxy groups -OCH3 is 1. The summed E-state index contributed by atoms with van der Waals surface area (Å²) < 4.78 is 13.1. The van der Waals surface area contributed by atoms with Gasteiger partial charge in [0.25, 0.3) is 0 Å². The Hall–Kier alpha value is -2.80. The normalized spacial score (nSPS) is 10.7. The molecule has 0 aliphatic rings. The largest absolute Gasteiger partial charge is 0.493 e. The molecule has 0 aliphatic heterocycles. The van der Waals surface area contributed by atoms with Crippen molar-refractivity contribution >= 4 is 17.5 Å². The maximum Gasteiger partial charge on any atom is 0.243 e. The number of ether oxygens (including phenoxy) is 2. The Morgan fingerprint density at radius 1 is 1.14 bits per heavy atom. The third-order valence-corrected chi connectivity index (χ3v) is 4.50. The predicted octanol–water partition coefficient (Wildman–Crippen LogP) is 4.33. The van der Waals surface area contributed by atoms with Gasteiger partial charge in [-0.2, -0.15) is 0 Å². The van der Waals surface area contributed by atoms with Gasteiger partial charge in [0.05, 0.1) is 12.1 Å². The minimum atomic E-state index is 0.417. The van der Waals surface area contributed by atoms with Gasteiger partial charge in [-0.1, -0.05) is 60.4 Å². The van der Waals surface area contributed by atoms with E-state index in [-0.39, 0.29) is 0 Å². The minimum Gasteiger partial charge on any atom is -0.493 e. The highest BCUT2D eigenvalue weighted by Gasteiger charge is 2.13. The molecule has 1 N–H and O–H groups in total. The summed E-state index contributed by atoms with van der Waals surface area (Å²) in [7, 11) is 1.60. The molecule has 0 radical (unpaired) electrons. The monoisotopic (exact) mass is 401 g/mol. The van der Waals surface area contributed by atoms with Gasteiger partial charge in [-0.25, -0.2) is 4.68 Å². The molecular formula is C20H24ClN5O2. The number of aryl methyl sites for hydroxylation is 1. The topological polar surface area (TPSA) is 74.1 Å². The van der Waals surface area contributed by atoms with E-state index in [2.05, 4.69) is 27.8 Å². The second kappa shape index (κ2) is 9.94. The molecule has 3 rings (SSSR count). The summed E-state index contributed by atoms with van der Waals surface area (Å²) in [6.45, 7) is 3.84. The van der Waals surface area contributed by atoms with Crippen LogP contribution < -0.4 is 14.8 Å². The van der Waals surface area contributed by atoms with E-state index in [4.69, 9.17) is 21.1 Å². The van der Waals surface area contributed by atoms with Crippen molar-refractivity contribution in [1.82, 2.24) is 20.2 Å². The van der Waals surface area contributed by atoms with E-state index >= 15 is 0 Å². The summed E-state index contributed by atoms with van der Waals surface area (Å²) >= 11 is 6.46. The molecule has 0 aliphatic carbocycles. The average Bonchev–Trinajstić information content (AvgIpc) is 3.17. The van der Waals surface area contributed by atoms with Crippen LogP contribution in [0.4, 0.5) is 5.95 Å². The van der Waals surface area contributed by atoms with Gasteiger partial charge in [0.15, 0.2) is 11.5 Å². The third-order valence-electron chi connectivity index (χ3n) is 4.22. The van der Waals surface area contributed by atoms with Crippen molar-refractivity contribution in [1.29, 1.82) is 0 Å². The first kappa shape index (κ1) is 19.9. The van der Waals surface area contributed by atoms with Crippen LogP contribution in [0.25, 0.3) is 0 Å². The predicted molar refractivity (Wildman–Crippen MR) is 109 cm³/mol. The van der Waals surface area contributed by atoms with E-state index in [0.29, 0.717) is 35.6 Å². The van der Waals surface area contributed by atoms with Gasteiger partial charge in [-0.3, -0.25) is 0 Å². The van der Waals surface area contributed by atoms with E-state index in [1.54, 1.807) is 11.8 Å². The Morgan fingerprint density at radius 3 is 2.71 bits per heavy atom. The lowest BCUT2D eigenvalue weighted by atomic mass is 10.2. The van der Waals surface area contributed by atoms with Crippen LogP contribution in [0.3, 0.4) is 0 Å². The van der Waals surface area contributed by atoms with Crippen molar-refractivity contribution in [3.63, 3.8) is 0 Å². The van der Waals surface area contributed by atoms with E-state index in [9.17, 15) is 0 Å². The molecule has 148 valence electrons. The van der Waals surface area contributed by atoms with Crippen LogP contribution in [0.5, 0.6) is 11.5 Å². The fourth-order valence-corrected chi connectivity index (χ4v) is 3.00. The Morgan fingerprint density at radius 2 is 1.96 bits per heavy atom. The molecule has 3 aromatic rings. The van der Waals surface area contributed by atoms with Crippen molar-refractivity contribution in [3.8, 4) is 11.5 Å². The molecule has 8 heteroatoms. The van der Waals surface area contributed by atoms with Gasteiger partial charge in [0.2, 0.25) is 5.95 Å². The fourth-order valence-electron chi connectivity index (χ4n) is 2.72. The molecule has 0 atom stereocenters. The zero-order chi connectivity index (χ0) is 19.8. The van der Waals surface area contributed by atoms with Crippen molar-refractivity contribution in [2.75, 3.05) is 12.4 Å².